The lowest BCUT2D eigenvalue weighted by Crippen LogP contribution is -2.19. The first-order chi connectivity index (χ1) is 8.65. The van der Waals surface area contributed by atoms with Crippen molar-refractivity contribution in [3.8, 4) is 5.88 Å². The second kappa shape index (κ2) is 5.12. The Kier molecular flexibility index (Phi) is 3.97. The molecule has 104 valence electrons. The Labute approximate surface area is 101 Å². The number of nitrogens with zero attached hydrogens (tertiary/aromatic N) is 2. The van der Waals surface area contributed by atoms with Crippen LogP contribution in [0.4, 0.5) is 27.6 Å². The van der Waals surface area contributed by atoms with E-state index in [1.165, 1.54) is 0 Å². The molecule has 1 aromatic rings. The molecule has 0 aliphatic carbocycles. The lowest BCUT2D eigenvalue weighted by Gasteiger charge is -2.10. The third-order valence-corrected chi connectivity index (χ3v) is 1.76. The van der Waals surface area contributed by atoms with Crippen LogP contribution in [-0.4, -0.2) is 22.6 Å². The SMILES string of the molecule is O=Cc1cc(OC(F)(F)F)nc(C(F)F)c1[N+](=O)[O-]. The standard InChI is InChI=1S/C8H3F5N2O4/c9-7(10)5-6(15(17)18)3(2-16)1-4(14-5)19-8(11,12)13/h1-2,7H. The molecular weight excluding hydrogens is 283 g/mol. The molecule has 0 amide bonds. The quantitative estimate of drug-likeness (QED) is 0.368. The van der Waals surface area contributed by atoms with E-state index in [2.05, 4.69) is 9.72 Å². The number of aldehydes is 1. The molecule has 0 saturated carbocycles. The first-order valence-corrected chi connectivity index (χ1v) is 4.34. The fourth-order valence-electron chi connectivity index (χ4n) is 1.16. The van der Waals surface area contributed by atoms with Crippen LogP contribution in [0.1, 0.15) is 22.5 Å². The summed E-state index contributed by atoms with van der Waals surface area (Å²) in [6.45, 7) is 0. The monoisotopic (exact) mass is 286 g/mol. The zero-order chi connectivity index (χ0) is 14.8. The van der Waals surface area contributed by atoms with Crippen molar-refractivity contribution in [2.75, 3.05) is 0 Å². The first-order valence-electron chi connectivity index (χ1n) is 4.34. The number of carbonyl (C=O) groups excluding carboxylic acids is 1. The molecule has 0 radical (unpaired) electrons. The van der Waals surface area contributed by atoms with Crippen LogP contribution >= 0.6 is 0 Å². The topological polar surface area (TPSA) is 82.3 Å². The molecule has 0 fully saturated rings. The molecule has 0 unspecified atom stereocenters. The Bertz CT molecular complexity index is 517. The van der Waals surface area contributed by atoms with E-state index >= 15 is 0 Å². The molecule has 6 nitrogen and oxygen atoms in total. The number of carbonyl (C=O) groups is 1. The van der Waals surface area contributed by atoms with Crippen LogP contribution in [0.3, 0.4) is 0 Å². The van der Waals surface area contributed by atoms with E-state index in [1.54, 1.807) is 0 Å². The van der Waals surface area contributed by atoms with Crippen LogP contribution in [0.2, 0.25) is 0 Å². The van der Waals surface area contributed by atoms with Crippen LogP contribution in [0.15, 0.2) is 6.07 Å². The summed E-state index contributed by atoms with van der Waals surface area (Å²) in [5.41, 5.74) is -3.93. The Balaban J connectivity index is 3.45. The third kappa shape index (κ3) is 3.56. The molecule has 0 N–H and O–H groups in total. The van der Waals surface area contributed by atoms with E-state index in [1.807, 2.05) is 0 Å². The first kappa shape index (κ1) is 14.7. The summed E-state index contributed by atoms with van der Waals surface area (Å²) in [5.74, 6) is -1.38. The highest BCUT2D eigenvalue weighted by atomic mass is 19.4. The number of aromatic nitrogens is 1. The number of ether oxygens (including phenoxy) is 1. The fraction of sp³-hybridized carbons (Fsp3) is 0.250. The number of rotatable bonds is 4. The highest BCUT2D eigenvalue weighted by molar-refractivity contribution is 5.82. The van der Waals surface area contributed by atoms with Crippen molar-refractivity contribution in [3.05, 3.63) is 27.4 Å². The van der Waals surface area contributed by atoms with Gasteiger partial charge in [-0.15, -0.1) is 13.2 Å². The summed E-state index contributed by atoms with van der Waals surface area (Å²) in [5, 5.41) is 10.5. The lowest BCUT2D eigenvalue weighted by atomic mass is 10.2. The number of pyridine rings is 1. The molecule has 1 aromatic heterocycles. The molecule has 0 aliphatic rings. The maximum absolute atomic E-state index is 12.5. The van der Waals surface area contributed by atoms with Crippen molar-refractivity contribution in [1.29, 1.82) is 0 Å². The maximum Gasteiger partial charge on any atom is 0.574 e. The van der Waals surface area contributed by atoms with Crippen LogP contribution in [-0.2, 0) is 0 Å². The fourth-order valence-corrected chi connectivity index (χ4v) is 1.16. The van der Waals surface area contributed by atoms with Gasteiger partial charge in [0.25, 0.3) is 6.43 Å². The number of halogens is 5. The van der Waals surface area contributed by atoms with Gasteiger partial charge < -0.3 is 4.74 Å². The molecule has 0 atom stereocenters. The van der Waals surface area contributed by atoms with Gasteiger partial charge in [0, 0.05) is 6.07 Å². The van der Waals surface area contributed by atoms with Crippen molar-refractivity contribution in [3.63, 3.8) is 0 Å². The van der Waals surface area contributed by atoms with E-state index in [4.69, 9.17) is 0 Å². The van der Waals surface area contributed by atoms with Gasteiger partial charge in [-0.25, -0.2) is 13.8 Å². The summed E-state index contributed by atoms with van der Waals surface area (Å²) >= 11 is 0. The van der Waals surface area contributed by atoms with Gasteiger partial charge in [-0.3, -0.25) is 14.9 Å². The average molecular weight is 286 g/mol. The smallest absolute Gasteiger partial charge is 0.388 e. The molecule has 1 heterocycles. The van der Waals surface area contributed by atoms with Gasteiger partial charge in [0.15, 0.2) is 12.0 Å². The Morgan fingerprint density at radius 2 is 2.00 bits per heavy atom. The Morgan fingerprint density at radius 3 is 2.37 bits per heavy atom. The van der Waals surface area contributed by atoms with Gasteiger partial charge >= 0.3 is 12.0 Å². The Hall–Kier alpha value is -2.33. The number of alkyl halides is 5. The van der Waals surface area contributed by atoms with Gasteiger partial charge in [-0.05, 0) is 0 Å². The van der Waals surface area contributed by atoms with E-state index in [0.29, 0.717) is 0 Å². The van der Waals surface area contributed by atoms with E-state index in [-0.39, 0.29) is 12.4 Å². The molecule has 0 spiro atoms. The molecule has 0 aliphatic heterocycles. The maximum atomic E-state index is 12.5. The van der Waals surface area contributed by atoms with Crippen LogP contribution in [0, 0.1) is 10.1 Å². The minimum atomic E-state index is -5.23. The number of hydrogen-bond donors (Lipinski definition) is 0. The zero-order valence-corrected chi connectivity index (χ0v) is 8.65. The zero-order valence-electron chi connectivity index (χ0n) is 8.65. The van der Waals surface area contributed by atoms with Crippen molar-refractivity contribution in [1.82, 2.24) is 4.98 Å². The van der Waals surface area contributed by atoms with Gasteiger partial charge in [-0.2, -0.15) is 0 Å². The molecule has 11 heteroatoms. The van der Waals surface area contributed by atoms with E-state index in [9.17, 15) is 36.9 Å². The van der Waals surface area contributed by atoms with Gasteiger partial charge in [0.2, 0.25) is 5.88 Å². The minimum absolute atomic E-state index is 0.241. The predicted octanol–water partition coefficient (Wildman–Crippen LogP) is 2.64. The van der Waals surface area contributed by atoms with E-state index in [0.717, 1.165) is 0 Å². The third-order valence-electron chi connectivity index (χ3n) is 1.76. The van der Waals surface area contributed by atoms with Crippen LogP contribution in [0.25, 0.3) is 0 Å². The minimum Gasteiger partial charge on any atom is -0.388 e. The van der Waals surface area contributed by atoms with Gasteiger partial charge in [0.1, 0.15) is 0 Å². The van der Waals surface area contributed by atoms with Crippen molar-refractivity contribution in [2.24, 2.45) is 0 Å². The van der Waals surface area contributed by atoms with Crippen LogP contribution in [0.5, 0.6) is 5.88 Å². The summed E-state index contributed by atoms with van der Waals surface area (Å²) in [4.78, 5) is 22.4. The van der Waals surface area contributed by atoms with Gasteiger partial charge in [-0.1, -0.05) is 0 Å². The average Bonchev–Trinajstić information content (AvgIpc) is 2.24. The summed E-state index contributed by atoms with van der Waals surface area (Å²) in [7, 11) is 0. The second-order valence-electron chi connectivity index (χ2n) is 3.01. The molecule has 0 bridgehead atoms. The number of hydrogen-bond acceptors (Lipinski definition) is 5. The molecule has 0 saturated heterocycles. The highest BCUT2D eigenvalue weighted by Gasteiger charge is 2.35. The van der Waals surface area contributed by atoms with Crippen molar-refractivity contribution < 1.29 is 36.4 Å². The predicted molar refractivity (Wildman–Crippen MR) is 47.9 cm³/mol. The normalized spacial score (nSPS) is 11.5. The summed E-state index contributed by atoms with van der Waals surface area (Å²) in [6.07, 6.45) is -9.02. The van der Waals surface area contributed by atoms with Gasteiger partial charge in [0.05, 0.1) is 10.5 Å². The second-order valence-corrected chi connectivity index (χ2v) is 3.01. The summed E-state index contributed by atoms with van der Waals surface area (Å²) in [6, 6.07) is 0.254. The van der Waals surface area contributed by atoms with Crippen molar-refractivity contribution in [2.45, 2.75) is 12.8 Å². The summed E-state index contributed by atoms with van der Waals surface area (Å²) < 4.78 is 63.9. The Morgan fingerprint density at radius 1 is 1.42 bits per heavy atom. The molecule has 1 rings (SSSR count). The highest BCUT2D eigenvalue weighted by Crippen LogP contribution is 2.33. The molecule has 19 heavy (non-hydrogen) atoms. The van der Waals surface area contributed by atoms with Crippen molar-refractivity contribution >= 4 is 12.0 Å². The largest absolute Gasteiger partial charge is 0.574 e. The van der Waals surface area contributed by atoms with Crippen LogP contribution < -0.4 is 4.74 Å². The number of nitro groups is 1. The lowest BCUT2D eigenvalue weighted by molar-refractivity contribution is -0.386. The van der Waals surface area contributed by atoms with E-state index < -0.39 is 40.5 Å². The molecule has 0 aromatic carbocycles. The molecular formula is C8H3F5N2O4.